The van der Waals surface area contributed by atoms with Crippen LogP contribution in [0.1, 0.15) is 11.1 Å². The molecule has 14 heteroatoms. The van der Waals surface area contributed by atoms with Crippen molar-refractivity contribution < 1.29 is 43.2 Å². The summed E-state index contributed by atoms with van der Waals surface area (Å²) in [5, 5.41) is 12.4. The highest BCUT2D eigenvalue weighted by atomic mass is 31.2. The number of carboxylic acids is 1. The molecule has 2 aromatic rings. The van der Waals surface area contributed by atoms with Crippen LogP contribution >= 0.6 is 7.82 Å². The summed E-state index contributed by atoms with van der Waals surface area (Å²) in [6, 6.07) is 15.6. The molecule has 5 amide bonds. The molecule has 0 bridgehead atoms. The number of carbonyl (C=O) groups excluding carboxylic acids is 3. The van der Waals surface area contributed by atoms with E-state index in [1.165, 1.54) is 0 Å². The topological polar surface area (TPSA) is 209 Å². The van der Waals surface area contributed by atoms with E-state index in [1.807, 2.05) is 5.32 Å². The number of imide groups is 1. The molecule has 7 N–H and O–H groups in total. The molecule has 0 spiro atoms. The molecule has 1 aliphatic rings. The third-order valence-electron chi connectivity index (χ3n) is 4.29. The normalized spacial score (nSPS) is 14.7. The van der Waals surface area contributed by atoms with Crippen LogP contribution in [0.4, 0.5) is 9.59 Å². The molecule has 2 aromatic carbocycles. The van der Waals surface area contributed by atoms with Gasteiger partial charge in [-0.3, -0.25) is 14.1 Å². The van der Waals surface area contributed by atoms with E-state index in [2.05, 4.69) is 15.6 Å². The van der Waals surface area contributed by atoms with E-state index in [9.17, 15) is 23.7 Å². The van der Waals surface area contributed by atoms with E-state index in [0.717, 1.165) is 0 Å². The van der Waals surface area contributed by atoms with Gasteiger partial charge < -0.3 is 31.3 Å². The zero-order chi connectivity index (χ0) is 24.6. The first-order valence-corrected chi connectivity index (χ1v) is 10.7. The first kappa shape index (κ1) is 25.5. The Hall–Kier alpha value is -3.77. The lowest BCUT2D eigenvalue weighted by Gasteiger charge is -2.27. The highest BCUT2D eigenvalue weighted by molar-refractivity contribution is 7.46. The largest absolute Gasteiger partial charge is 0.480 e. The molecule has 0 aromatic heterocycles. The molecule has 0 atom stereocenters. The van der Waals surface area contributed by atoms with E-state index >= 15 is 0 Å². The van der Waals surface area contributed by atoms with Crippen LogP contribution in [0.25, 0.3) is 0 Å². The number of nitrogens with one attached hydrogen (secondary N) is 2. The van der Waals surface area contributed by atoms with E-state index in [1.54, 1.807) is 60.7 Å². The summed E-state index contributed by atoms with van der Waals surface area (Å²) in [4.78, 5) is 63.1. The van der Waals surface area contributed by atoms with Gasteiger partial charge in [-0.25, -0.2) is 19.1 Å². The minimum atomic E-state index is -4.83. The highest BCUT2D eigenvalue weighted by Crippen LogP contribution is 2.39. The number of hydrogen-bond acceptors (Lipinski definition) is 6. The Bertz CT molecular complexity index is 1010. The van der Waals surface area contributed by atoms with Crippen LogP contribution in [0, 0.1) is 0 Å². The van der Waals surface area contributed by atoms with Crippen molar-refractivity contribution in [2.24, 2.45) is 5.73 Å². The van der Waals surface area contributed by atoms with Gasteiger partial charge in [0.05, 0.1) is 0 Å². The van der Waals surface area contributed by atoms with Crippen LogP contribution in [-0.2, 0) is 24.2 Å². The minimum Gasteiger partial charge on any atom is -0.480 e. The Kier molecular flexibility index (Phi) is 8.26. The number of nitrogens with zero attached hydrogens (tertiary/aromatic N) is 1. The minimum absolute atomic E-state index is 0.421. The van der Waals surface area contributed by atoms with E-state index < -0.39 is 50.6 Å². The van der Waals surface area contributed by atoms with Crippen molar-refractivity contribution in [1.29, 1.82) is 0 Å². The van der Waals surface area contributed by atoms with Gasteiger partial charge in [-0.2, -0.15) is 0 Å². The van der Waals surface area contributed by atoms with Crippen LogP contribution in [0.5, 0.6) is 0 Å². The quantitative estimate of drug-likeness (QED) is 0.237. The number of phosphoric ester groups is 1. The average Bonchev–Trinajstić information content (AvgIpc) is 3.02. The number of primary amides is 1. The number of urea groups is 2. The van der Waals surface area contributed by atoms with Crippen molar-refractivity contribution in [3.63, 3.8) is 0 Å². The van der Waals surface area contributed by atoms with Gasteiger partial charge >= 0.3 is 25.9 Å². The van der Waals surface area contributed by atoms with Crippen molar-refractivity contribution in [2.45, 2.75) is 5.54 Å². The van der Waals surface area contributed by atoms with E-state index in [4.69, 9.17) is 14.9 Å². The predicted molar refractivity (Wildman–Crippen MR) is 112 cm³/mol. The lowest BCUT2D eigenvalue weighted by Crippen LogP contribution is -2.45. The number of rotatable bonds is 7. The number of benzene rings is 2. The van der Waals surface area contributed by atoms with Crippen LogP contribution in [-0.4, -0.2) is 57.0 Å². The van der Waals surface area contributed by atoms with Gasteiger partial charge in [0.15, 0.2) is 5.54 Å². The molecule has 0 saturated carbocycles. The molecule has 1 aliphatic heterocycles. The third-order valence-corrected chi connectivity index (χ3v) is 4.74. The zero-order valence-corrected chi connectivity index (χ0v) is 17.8. The van der Waals surface area contributed by atoms with Crippen LogP contribution in [0.3, 0.4) is 0 Å². The average molecular weight is 480 g/mol. The number of carbonyl (C=O) groups is 4. The number of carboxylic acid groups (broad SMARTS) is 1. The van der Waals surface area contributed by atoms with Crippen molar-refractivity contribution in [1.82, 2.24) is 15.5 Å². The fourth-order valence-electron chi connectivity index (χ4n) is 2.92. The molecule has 0 radical (unpaired) electrons. The number of aliphatic carboxylic acids is 1. The smallest absolute Gasteiger partial charge is 0.471 e. The fourth-order valence-corrected chi connectivity index (χ4v) is 3.19. The second-order valence-electron chi connectivity index (χ2n) is 6.51. The molecule has 33 heavy (non-hydrogen) atoms. The first-order chi connectivity index (χ1) is 15.5. The predicted octanol–water partition coefficient (Wildman–Crippen LogP) is 0.288. The summed E-state index contributed by atoms with van der Waals surface area (Å²) in [6.45, 7) is -1.27. The maximum atomic E-state index is 13.1. The monoisotopic (exact) mass is 480 g/mol. The Morgan fingerprint density at radius 3 is 1.88 bits per heavy atom. The number of nitrogens with two attached hydrogens (primary N) is 1. The Labute approximate surface area is 187 Å². The van der Waals surface area contributed by atoms with Crippen LogP contribution in [0.15, 0.2) is 60.7 Å². The lowest BCUT2D eigenvalue weighted by atomic mass is 9.83. The zero-order valence-electron chi connectivity index (χ0n) is 17.0. The van der Waals surface area contributed by atoms with Gasteiger partial charge in [-0.1, -0.05) is 60.7 Å². The van der Waals surface area contributed by atoms with Gasteiger partial charge in [0.25, 0.3) is 5.91 Å². The standard InChI is InChI=1S/C16H15N2O6P.C3H6N2O3/c19-14-16(12-7-3-1-4-8-12,13-9-5-2-6-10-13)17-15(20)18(14)11-24-25(21,22)23;4-3(8)5-1-2(6)7/h1-10H,11H2,(H,17,20)(H2,21,22,23);1H2,(H,6,7)(H3,4,5,8). The SMILES string of the molecule is NC(=O)NCC(=O)O.O=C1NC(c2ccccc2)(c2ccccc2)C(=O)N1COP(=O)(O)O. The first-order valence-electron chi connectivity index (χ1n) is 9.17. The molecular formula is C19H21N4O9P. The molecule has 1 saturated heterocycles. The third kappa shape index (κ3) is 6.60. The second-order valence-corrected chi connectivity index (χ2v) is 7.75. The highest BCUT2D eigenvalue weighted by Gasteiger charge is 2.54. The van der Waals surface area contributed by atoms with E-state index in [-0.39, 0.29) is 0 Å². The molecule has 0 aliphatic carbocycles. The molecule has 3 rings (SSSR count). The second kappa shape index (κ2) is 10.7. The number of amides is 5. The van der Waals surface area contributed by atoms with Crippen molar-refractivity contribution >= 4 is 31.8 Å². The molecule has 13 nitrogen and oxygen atoms in total. The van der Waals surface area contributed by atoms with Gasteiger partial charge in [0, 0.05) is 0 Å². The van der Waals surface area contributed by atoms with Crippen LogP contribution < -0.4 is 16.4 Å². The Balaban J connectivity index is 0.000000414. The summed E-state index contributed by atoms with van der Waals surface area (Å²) in [6.07, 6.45) is 0. The summed E-state index contributed by atoms with van der Waals surface area (Å²) < 4.78 is 15.2. The number of hydrogen-bond donors (Lipinski definition) is 6. The Morgan fingerprint density at radius 1 is 1.03 bits per heavy atom. The van der Waals surface area contributed by atoms with Gasteiger partial charge in [0.1, 0.15) is 13.3 Å². The Morgan fingerprint density at radius 2 is 1.52 bits per heavy atom. The molecular weight excluding hydrogens is 459 g/mol. The van der Waals surface area contributed by atoms with E-state index in [0.29, 0.717) is 16.0 Å². The van der Waals surface area contributed by atoms with Gasteiger partial charge in [-0.05, 0) is 11.1 Å². The maximum Gasteiger partial charge on any atom is 0.471 e. The maximum absolute atomic E-state index is 13.1. The summed E-state index contributed by atoms with van der Waals surface area (Å²) >= 11 is 0. The van der Waals surface area contributed by atoms with Crippen molar-refractivity contribution in [2.75, 3.05) is 13.3 Å². The summed E-state index contributed by atoms with van der Waals surface area (Å²) in [5.41, 5.74) is 4.09. The number of phosphoric acid groups is 1. The van der Waals surface area contributed by atoms with Crippen molar-refractivity contribution in [3.05, 3.63) is 71.8 Å². The lowest BCUT2D eigenvalue weighted by molar-refractivity contribution is -0.136. The van der Waals surface area contributed by atoms with Crippen LogP contribution in [0.2, 0.25) is 0 Å². The molecule has 0 unspecified atom stereocenters. The molecule has 1 heterocycles. The molecule has 176 valence electrons. The van der Waals surface area contributed by atoms with Gasteiger partial charge in [-0.15, -0.1) is 0 Å². The molecule has 1 fully saturated rings. The summed E-state index contributed by atoms with van der Waals surface area (Å²) in [5.74, 6) is -1.79. The van der Waals surface area contributed by atoms with Gasteiger partial charge in [0.2, 0.25) is 0 Å². The van der Waals surface area contributed by atoms with Crippen molar-refractivity contribution in [3.8, 4) is 0 Å². The summed E-state index contributed by atoms with van der Waals surface area (Å²) in [7, 11) is -4.83. The fraction of sp³-hybridized carbons (Fsp3) is 0.158.